The Morgan fingerprint density at radius 3 is 2.33 bits per heavy atom. The Hall–Kier alpha value is -1.03. The minimum absolute atomic E-state index is 0.500. The van der Waals surface area contributed by atoms with Gasteiger partial charge in [0.05, 0.1) is 5.56 Å². The highest BCUT2D eigenvalue weighted by molar-refractivity contribution is 5.25. The van der Waals surface area contributed by atoms with Crippen LogP contribution in [0.15, 0.2) is 24.3 Å². The minimum Gasteiger partial charge on any atom is -0.314 e. The van der Waals surface area contributed by atoms with E-state index >= 15 is 0 Å². The molecule has 0 amide bonds. The SMILES string of the molecule is CCNC1CCCCCC1Cc1ccc(C(F)(F)F)cc1. The van der Waals surface area contributed by atoms with Crippen molar-refractivity contribution < 1.29 is 13.2 Å². The van der Waals surface area contributed by atoms with Crippen molar-refractivity contribution in [3.63, 3.8) is 0 Å². The summed E-state index contributed by atoms with van der Waals surface area (Å²) in [6.45, 7) is 3.06. The Morgan fingerprint density at radius 1 is 1.05 bits per heavy atom. The van der Waals surface area contributed by atoms with E-state index in [1.54, 1.807) is 12.1 Å². The molecule has 0 aromatic heterocycles. The van der Waals surface area contributed by atoms with Crippen molar-refractivity contribution in [2.24, 2.45) is 5.92 Å². The summed E-state index contributed by atoms with van der Waals surface area (Å²) in [6, 6.07) is 6.18. The molecule has 0 radical (unpaired) electrons. The molecule has 0 aliphatic heterocycles. The molecule has 118 valence electrons. The fourth-order valence-corrected chi connectivity index (χ4v) is 3.29. The molecule has 1 saturated carbocycles. The molecule has 1 N–H and O–H groups in total. The molecule has 1 aliphatic carbocycles. The Kier molecular flexibility index (Phi) is 5.68. The zero-order valence-corrected chi connectivity index (χ0v) is 12.5. The van der Waals surface area contributed by atoms with Gasteiger partial charge in [0, 0.05) is 6.04 Å². The second-order valence-electron chi connectivity index (χ2n) is 5.96. The maximum atomic E-state index is 12.6. The largest absolute Gasteiger partial charge is 0.416 e. The van der Waals surface area contributed by atoms with Crippen molar-refractivity contribution in [3.05, 3.63) is 35.4 Å². The third-order valence-corrected chi connectivity index (χ3v) is 4.40. The summed E-state index contributed by atoms with van der Waals surface area (Å²) >= 11 is 0. The predicted octanol–water partition coefficient (Wildman–Crippen LogP) is 4.81. The van der Waals surface area contributed by atoms with Crippen LogP contribution in [0.25, 0.3) is 0 Å². The number of rotatable bonds is 4. The number of alkyl halides is 3. The standard InChI is InChI=1S/C17H24F3N/c1-2-21-16-7-5-3-4-6-14(16)12-13-8-10-15(11-9-13)17(18,19)20/h8-11,14,16,21H,2-7,12H2,1H3. The first kappa shape index (κ1) is 16.3. The fraction of sp³-hybridized carbons (Fsp3) is 0.647. The van der Waals surface area contributed by atoms with Crippen LogP contribution in [0.2, 0.25) is 0 Å². The number of hydrogen-bond donors (Lipinski definition) is 1. The van der Waals surface area contributed by atoms with Gasteiger partial charge < -0.3 is 5.32 Å². The molecule has 21 heavy (non-hydrogen) atoms. The normalized spacial score (nSPS) is 23.8. The van der Waals surface area contributed by atoms with Crippen LogP contribution in [0.5, 0.6) is 0 Å². The maximum Gasteiger partial charge on any atom is 0.416 e. The first-order chi connectivity index (χ1) is 10.0. The molecular formula is C17H24F3N. The Morgan fingerprint density at radius 2 is 1.71 bits per heavy atom. The lowest BCUT2D eigenvalue weighted by Gasteiger charge is -2.26. The summed E-state index contributed by atoms with van der Waals surface area (Å²) in [5.74, 6) is 0.532. The van der Waals surface area contributed by atoms with Gasteiger partial charge in [0.1, 0.15) is 0 Å². The lowest BCUT2D eigenvalue weighted by Crippen LogP contribution is -2.36. The summed E-state index contributed by atoms with van der Waals surface area (Å²) in [4.78, 5) is 0. The average molecular weight is 299 g/mol. The molecule has 0 spiro atoms. The molecular weight excluding hydrogens is 275 g/mol. The number of halogens is 3. The van der Waals surface area contributed by atoms with Crippen LogP contribution in [0.1, 0.15) is 50.2 Å². The van der Waals surface area contributed by atoms with E-state index in [2.05, 4.69) is 12.2 Å². The monoisotopic (exact) mass is 299 g/mol. The minimum atomic E-state index is -4.24. The van der Waals surface area contributed by atoms with Gasteiger partial charge in [0.2, 0.25) is 0 Å². The van der Waals surface area contributed by atoms with E-state index in [1.165, 1.54) is 44.2 Å². The van der Waals surface area contributed by atoms with Crippen LogP contribution < -0.4 is 5.32 Å². The van der Waals surface area contributed by atoms with E-state index in [9.17, 15) is 13.2 Å². The highest BCUT2D eigenvalue weighted by Gasteiger charge is 2.30. The maximum absolute atomic E-state index is 12.6. The summed E-state index contributed by atoms with van der Waals surface area (Å²) in [5.41, 5.74) is 0.452. The van der Waals surface area contributed by atoms with Crippen molar-refractivity contribution in [1.29, 1.82) is 0 Å². The molecule has 1 aliphatic rings. The molecule has 1 nitrogen and oxygen atoms in total. The first-order valence-corrected chi connectivity index (χ1v) is 7.90. The quantitative estimate of drug-likeness (QED) is 0.787. The zero-order chi connectivity index (χ0) is 15.3. The van der Waals surface area contributed by atoms with Crippen LogP contribution in [0.4, 0.5) is 13.2 Å². The van der Waals surface area contributed by atoms with Gasteiger partial charge in [-0.2, -0.15) is 13.2 Å². The van der Waals surface area contributed by atoms with E-state index in [0.29, 0.717) is 12.0 Å². The van der Waals surface area contributed by atoms with Gasteiger partial charge in [-0.3, -0.25) is 0 Å². The van der Waals surface area contributed by atoms with E-state index < -0.39 is 11.7 Å². The molecule has 1 aromatic carbocycles. The van der Waals surface area contributed by atoms with Crippen molar-refractivity contribution in [1.82, 2.24) is 5.32 Å². The third-order valence-electron chi connectivity index (χ3n) is 4.40. The average Bonchev–Trinajstić information content (AvgIpc) is 2.65. The van der Waals surface area contributed by atoms with E-state index in [1.807, 2.05) is 0 Å². The van der Waals surface area contributed by atoms with Crippen LogP contribution in [-0.2, 0) is 12.6 Å². The van der Waals surface area contributed by atoms with Crippen LogP contribution in [0.3, 0.4) is 0 Å². The molecule has 0 heterocycles. The lowest BCUT2D eigenvalue weighted by atomic mass is 9.88. The van der Waals surface area contributed by atoms with Gasteiger partial charge in [0.25, 0.3) is 0 Å². The highest BCUT2D eigenvalue weighted by atomic mass is 19.4. The van der Waals surface area contributed by atoms with Gasteiger partial charge in [-0.1, -0.05) is 38.3 Å². The summed E-state index contributed by atoms with van der Waals surface area (Å²) in [5, 5.41) is 3.55. The smallest absolute Gasteiger partial charge is 0.314 e. The van der Waals surface area contributed by atoms with Gasteiger partial charge in [0.15, 0.2) is 0 Å². The molecule has 1 fully saturated rings. The molecule has 1 aromatic rings. The lowest BCUT2D eigenvalue weighted by molar-refractivity contribution is -0.137. The van der Waals surface area contributed by atoms with Gasteiger partial charge in [-0.05, 0) is 49.4 Å². The number of nitrogens with one attached hydrogen (secondary N) is 1. The van der Waals surface area contributed by atoms with Crippen LogP contribution in [0, 0.1) is 5.92 Å². The van der Waals surface area contributed by atoms with Gasteiger partial charge >= 0.3 is 6.18 Å². The van der Waals surface area contributed by atoms with E-state index in [0.717, 1.165) is 18.5 Å². The molecule has 2 unspecified atom stereocenters. The molecule has 0 saturated heterocycles. The molecule has 2 atom stereocenters. The molecule has 0 bridgehead atoms. The van der Waals surface area contributed by atoms with Crippen molar-refractivity contribution in [3.8, 4) is 0 Å². The number of benzene rings is 1. The summed E-state index contributed by atoms with van der Waals surface area (Å²) in [6.07, 6.45) is 2.72. The van der Waals surface area contributed by atoms with Crippen LogP contribution in [-0.4, -0.2) is 12.6 Å². The highest BCUT2D eigenvalue weighted by Crippen LogP contribution is 2.31. The van der Waals surface area contributed by atoms with Gasteiger partial charge in [-0.15, -0.1) is 0 Å². The van der Waals surface area contributed by atoms with E-state index in [4.69, 9.17) is 0 Å². The third kappa shape index (κ3) is 4.73. The molecule has 2 rings (SSSR count). The van der Waals surface area contributed by atoms with Crippen LogP contribution >= 0.6 is 0 Å². The zero-order valence-electron chi connectivity index (χ0n) is 12.5. The van der Waals surface area contributed by atoms with E-state index in [-0.39, 0.29) is 0 Å². The van der Waals surface area contributed by atoms with Crippen molar-refractivity contribution in [2.75, 3.05) is 6.54 Å². The summed E-state index contributed by atoms with van der Waals surface area (Å²) < 4.78 is 37.8. The number of hydrogen-bond acceptors (Lipinski definition) is 1. The first-order valence-electron chi connectivity index (χ1n) is 7.90. The Bertz CT molecular complexity index is 425. The summed E-state index contributed by atoms with van der Waals surface area (Å²) in [7, 11) is 0. The van der Waals surface area contributed by atoms with Gasteiger partial charge in [-0.25, -0.2) is 0 Å². The topological polar surface area (TPSA) is 12.0 Å². The van der Waals surface area contributed by atoms with Crippen molar-refractivity contribution in [2.45, 2.75) is 57.7 Å². The second-order valence-corrected chi connectivity index (χ2v) is 5.96. The van der Waals surface area contributed by atoms with Crippen molar-refractivity contribution >= 4 is 0 Å². The fourth-order valence-electron chi connectivity index (χ4n) is 3.29. The Labute approximate surface area is 124 Å². The second kappa shape index (κ2) is 7.30. The molecule has 4 heteroatoms. The Balaban J connectivity index is 2.04. The predicted molar refractivity (Wildman–Crippen MR) is 79.2 cm³/mol.